The van der Waals surface area contributed by atoms with E-state index >= 15 is 0 Å². The predicted molar refractivity (Wildman–Crippen MR) is 117 cm³/mol. The van der Waals surface area contributed by atoms with Gasteiger partial charge >= 0.3 is 0 Å². The summed E-state index contributed by atoms with van der Waals surface area (Å²) in [6, 6.07) is 22.5. The third kappa shape index (κ3) is 4.71. The fourth-order valence-corrected chi connectivity index (χ4v) is 8.16. The van der Waals surface area contributed by atoms with Crippen LogP contribution in [0.1, 0.15) is 46.5 Å². The van der Waals surface area contributed by atoms with Crippen molar-refractivity contribution in [3.05, 3.63) is 84.2 Å². The Hall–Kier alpha value is -1.65. The summed E-state index contributed by atoms with van der Waals surface area (Å²) in [5, 5.41) is 4.55. The van der Waals surface area contributed by atoms with Crippen molar-refractivity contribution >= 4 is 17.9 Å². The lowest BCUT2D eigenvalue weighted by molar-refractivity contribution is 0.775. The van der Waals surface area contributed by atoms with Gasteiger partial charge in [-0.05, 0) is 56.2 Å². The van der Waals surface area contributed by atoms with Crippen LogP contribution in [0.25, 0.3) is 0 Å². The van der Waals surface area contributed by atoms with E-state index < -0.39 is 7.26 Å². The first-order chi connectivity index (χ1) is 12.3. The quantitative estimate of drug-likeness (QED) is 0.267. The van der Waals surface area contributed by atoms with Gasteiger partial charge in [0.05, 0.1) is 6.16 Å². The second-order valence-corrected chi connectivity index (χ2v) is 10.1. The lowest BCUT2D eigenvalue weighted by atomic mass is 10.3. The first kappa shape index (κ1) is 19.7. The molecule has 0 atom stereocenters. The summed E-state index contributed by atoms with van der Waals surface area (Å²) in [4.78, 5) is 0. The van der Waals surface area contributed by atoms with Crippen molar-refractivity contribution in [1.82, 2.24) is 0 Å². The van der Waals surface area contributed by atoms with Crippen LogP contribution in [0, 0.1) is 0 Å². The number of benzene rings is 2. The Morgan fingerprint density at radius 2 is 1.40 bits per heavy atom. The van der Waals surface area contributed by atoms with Crippen LogP contribution in [0.3, 0.4) is 0 Å². The third-order valence-corrected chi connectivity index (χ3v) is 9.24. The van der Waals surface area contributed by atoms with Gasteiger partial charge in [0.1, 0.15) is 23.2 Å². The van der Waals surface area contributed by atoms with Gasteiger partial charge in [-0.25, -0.2) is 0 Å². The van der Waals surface area contributed by atoms with E-state index in [0.717, 1.165) is 6.42 Å². The first-order valence-electron chi connectivity index (χ1n) is 9.62. The van der Waals surface area contributed by atoms with Crippen LogP contribution >= 0.6 is 7.26 Å². The molecule has 0 radical (unpaired) electrons. The Bertz CT molecular complexity index is 628. The van der Waals surface area contributed by atoms with Crippen LogP contribution in [-0.2, 0) is 0 Å². The minimum absolute atomic E-state index is 1.08. The van der Waals surface area contributed by atoms with Gasteiger partial charge in [-0.3, -0.25) is 0 Å². The summed E-state index contributed by atoms with van der Waals surface area (Å²) < 4.78 is 0. The minimum atomic E-state index is -1.60. The van der Waals surface area contributed by atoms with Gasteiger partial charge in [-0.15, -0.1) is 0 Å². The van der Waals surface area contributed by atoms with Crippen LogP contribution in [-0.4, -0.2) is 6.16 Å². The Morgan fingerprint density at radius 1 is 0.840 bits per heavy atom. The summed E-state index contributed by atoms with van der Waals surface area (Å²) in [5.41, 5.74) is 0. The van der Waals surface area contributed by atoms with Crippen molar-refractivity contribution in [2.75, 3.05) is 6.16 Å². The Morgan fingerprint density at radius 3 is 1.84 bits per heavy atom. The maximum absolute atomic E-state index is 2.46. The van der Waals surface area contributed by atoms with Crippen LogP contribution in [0.2, 0.25) is 0 Å². The van der Waals surface area contributed by atoms with Crippen LogP contribution in [0.15, 0.2) is 84.2 Å². The minimum Gasteiger partial charge on any atom is -0.0837 e. The number of unbranched alkanes of at least 4 members (excludes halogenated alkanes) is 2. The third-order valence-electron chi connectivity index (χ3n) is 4.68. The van der Waals surface area contributed by atoms with E-state index in [1.165, 1.54) is 41.3 Å². The average molecular weight is 351 g/mol. The highest BCUT2D eigenvalue weighted by Crippen LogP contribution is 2.64. The van der Waals surface area contributed by atoms with Gasteiger partial charge in [-0.1, -0.05) is 69.2 Å². The summed E-state index contributed by atoms with van der Waals surface area (Å²) in [5.74, 6) is 0. The molecule has 0 fully saturated rings. The molecule has 0 amide bonds. The topological polar surface area (TPSA) is 0 Å². The molecule has 0 nitrogen and oxygen atoms in total. The van der Waals surface area contributed by atoms with Crippen molar-refractivity contribution in [1.29, 1.82) is 0 Å². The summed E-state index contributed by atoms with van der Waals surface area (Å²) >= 11 is 0. The van der Waals surface area contributed by atoms with Crippen molar-refractivity contribution in [2.45, 2.75) is 46.5 Å². The first-order valence-corrected chi connectivity index (χ1v) is 11.6. The average Bonchev–Trinajstić information content (AvgIpc) is 2.67. The van der Waals surface area contributed by atoms with Gasteiger partial charge < -0.3 is 0 Å². The molecule has 25 heavy (non-hydrogen) atoms. The van der Waals surface area contributed by atoms with Crippen molar-refractivity contribution in [3.63, 3.8) is 0 Å². The van der Waals surface area contributed by atoms with Crippen LogP contribution in [0.4, 0.5) is 0 Å². The molecule has 2 aromatic rings. The molecule has 0 spiro atoms. The number of rotatable bonds is 9. The maximum Gasteiger partial charge on any atom is 0.111 e. The van der Waals surface area contributed by atoms with Crippen LogP contribution < -0.4 is 10.6 Å². The number of hydrogen-bond donors (Lipinski definition) is 0. The molecule has 0 unspecified atom stereocenters. The molecule has 0 N–H and O–H groups in total. The van der Waals surface area contributed by atoms with E-state index in [1.807, 2.05) is 0 Å². The molecule has 0 saturated heterocycles. The zero-order chi connectivity index (χ0) is 18.0. The van der Waals surface area contributed by atoms with E-state index in [1.54, 1.807) is 0 Å². The monoisotopic (exact) mass is 351 g/mol. The Balaban J connectivity index is 2.70. The fraction of sp³-hybridized carbons (Fsp3) is 0.333. The standard InChI is InChI=1S/C24H32P/c1-4-7-14-21-25(22(15-5-2)16-6-3,23-17-10-8-11-18-23)24-19-12-9-13-20-24/h5,8-13,15-20H,4,6-7,14,21H2,1-3H3/q+1/b15-5-,22-16+. The molecule has 0 aliphatic heterocycles. The predicted octanol–water partition coefficient (Wildman–Crippen LogP) is 6.72. The molecule has 0 bridgehead atoms. The molecule has 0 saturated carbocycles. The van der Waals surface area contributed by atoms with E-state index in [-0.39, 0.29) is 0 Å². The molecule has 0 heterocycles. The molecular formula is C24H32P+. The fourth-order valence-electron chi connectivity index (χ4n) is 3.53. The highest BCUT2D eigenvalue weighted by molar-refractivity contribution is 7.93. The summed E-state index contributed by atoms with van der Waals surface area (Å²) in [6.45, 7) is 6.68. The second-order valence-electron chi connectivity index (χ2n) is 6.45. The van der Waals surface area contributed by atoms with Gasteiger partial charge in [0.25, 0.3) is 0 Å². The highest BCUT2D eigenvalue weighted by Gasteiger charge is 2.45. The van der Waals surface area contributed by atoms with Crippen molar-refractivity contribution < 1.29 is 0 Å². The van der Waals surface area contributed by atoms with Gasteiger partial charge in [0, 0.05) is 0 Å². The zero-order valence-electron chi connectivity index (χ0n) is 16.0. The molecule has 1 heteroatoms. The summed E-state index contributed by atoms with van der Waals surface area (Å²) in [6.07, 6.45) is 13.2. The smallest absolute Gasteiger partial charge is 0.0837 e. The van der Waals surface area contributed by atoms with Crippen molar-refractivity contribution in [2.24, 2.45) is 0 Å². The molecule has 0 aliphatic carbocycles. The molecular weight excluding hydrogens is 319 g/mol. The molecule has 132 valence electrons. The largest absolute Gasteiger partial charge is 0.111 e. The molecule has 0 aliphatic rings. The van der Waals surface area contributed by atoms with Crippen molar-refractivity contribution in [3.8, 4) is 0 Å². The molecule has 0 aromatic heterocycles. The number of allylic oxidation sites excluding steroid dienone is 4. The lowest BCUT2D eigenvalue weighted by Gasteiger charge is -2.28. The normalized spacial score (nSPS) is 12.7. The lowest BCUT2D eigenvalue weighted by Crippen LogP contribution is -2.26. The van der Waals surface area contributed by atoms with E-state index in [2.05, 4.69) is 99.7 Å². The maximum atomic E-state index is 2.46. The van der Waals surface area contributed by atoms with Gasteiger partial charge in [0.2, 0.25) is 0 Å². The molecule has 2 aromatic carbocycles. The Labute approximate surface area is 155 Å². The van der Waals surface area contributed by atoms with E-state index in [4.69, 9.17) is 0 Å². The number of hydrogen-bond acceptors (Lipinski definition) is 0. The Kier molecular flexibility index (Phi) is 8.16. The van der Waals surface area contributed by atoms with Gasteiger partial charge in [0.15, 0.2) is 0 Å². The highest BCUT2D eigenvalue weighted by atomic mass is 31.2. The van der Waals surface area contributed by atoms with E-state index in [9.17, 15) is 0 Å². The van der Waals surface area contributed by atoms with E-state index in [0.29, 0.717) is 0 Å². The zero-order valence-corrected chi connectivity index (χ0v) is 16.9. The molecule has 2 rings (SSSR count). The SMILES string of the molecule is C/C=C\C(=C/CC)[P+](CCCCC)(c1ccccc1)c1ccccc1. The van der Waals surface area contributed by atoms with Gasteiger partial charge in [-0.2, -0.15) is 0 Å². The second kappa shape index (κ2) is 10.4. The summed E-state index contributed by atoms with van der Waals surface area (Å²) in [7, 11) is -1.60. The van der Waals surface area contributed by atoms with Crippen LogP contribution in [0.5, 0.6) is 0 Å².